The number of carbonyl (C=O) groups excluding carboxylic acids is 3. The molecule has 4 aliphatic rings. The number of aryl methyl sites for hydroxylation is 8. The van der Waals surface area contributed by atoms with Gasteiger partial charge in [0.25, 0.3) is 17.7 Å². The molecular formula is C96H110N24O3. The van der Waals surface area contributed by atoms with E-state index in [1.54, 1.807) is 14.1 Å². The molecule has 12 aromatic heterocycles. The molecule has 27 nitrogen and oxygen atoms in total. The lowest BCUT2D eigenvalue weighted by molar-refractivity contribution is 0.0951. The Kier molecular flexibility index (Phi) is 22.1. The van der Waals surface area contributed by atoms with Crippen LogP contribution in [0.4, 0.5) is 22.7 Å². The number of rotatable bonds is 12. The maximum Gasteiger partial charge on any atom is 0.255 e. The first-order valence-electron chi connectivity index (χ1n) is 42.8. The first kappa shape index (κ1) is 82.6. The fraction of sp³-hybridized carbons (Fsp3) is 0.375. The molecule has 16 aromatic rings. The van der Waals surface area contributed by atoms with Gasteiger partial charge in [0.1, 0.15) is 28.7 Å². The van der Waals surface area contributed by atoms with E-state index in [0.717, 1.165) is 200 Å². The molecule has 3 N–H and O–H groups in total. The molecule has 0 spiro atoms. The standard InChI is InChI=1S/2C25H30N6O.C23H26N6O.C23H24N6/c1-14-9-20-22(10-15(14)2)31-23-18(12-19(24(31)28-20)25(32)26-4)21(11-16(3)27-23)30-8-7-17(13-30)29(5)6;1-6-26-25(32)19-13-18-21(30-10-8-17(14-30)29(4)5)7-9-27-23(18)31-22-12-16(3)15(2)11-20(22)28-24(19)31;1-14-11-20(28-10-9-15(13-28)27(3)4)16-12-17(23(30)24-2)22-26-18-7-5-6-8-19(18)29(22)21(16)25-14;1-14-9-19-21(10-15(14)2)29-22(26-19)16(12-24)11-18-20(5-7-25-23(18)29)28-8-6-17(13-28)27(3)4/h9-12,17H,7-8,13H2,1-6H3,(H,26,32);7,9,11-13,17H,6,8,10,14H2,1-5H3,(H,26,32);5-8,11-12,15H,9-10,13H2,1-4H3,(H,24,30);5,7,9-11,17H,6,8,13H2,1-4H3/t2*17-;15-;17-/m0000/s1. The fourth-order valence-electron chi connectivity index (χ4n) is 18.6. The average Bonchev–Trinajstić information content (AvgIpc) is 1.61. The van der Waals surface area contributed by atoms with Crippen molar-refractivity contribution in [1.29, 1.82) is 5.26 Å². The second-order valence-electron chi connectivity index (χ2n) is 34.8. The van der Waals surface area contributed by atoms with E-state index in [1.807, 2.05) is 86.1 Å². The van der Waals surface area contributed by atoms with E-state index >= 15 is 0 Å². The minimum absolute atomic E-state index is 0.106. The minimum Gasteiger partial charge on any atom is -0.369 e. The second-order valence-corrected chi connectivity index (χ2v) is 34.8. The van der Waals surface area contributed by atoms with Crippen molar-refractivity contribution >= 4 is 151 Å². The Balaban J connectivity index is 0.000000116. The number of benzene rings is 4. The molecule has 632 valence electrons. The lowest BCUT2D eigenvalue weighted by atomic mass is 10.1. The maximum atomic E-state index is 13.1. The molecule has 4 fully saturated rings. The summed E-state index contributed by atoms with van der Waals surface area (Å²) < 4.78 is 8.21. The van der Waals surface area contributed by atoms with Gasteiger partial charge in [-0.3, -0.25) is 32.0 Å². The summed E-state index contributed by atoms with van der Waals surface area (Å²) >= 11 is 0. The van der Waals surface area contributed by atoms with E-state index in [-0.39, 0.29) is 17.7 Å². The number of hydrogen-bond acceptors (Lipinski definition) is 20. The summed E-state index contributed by atoms with van der Waals surface area (Å²) in [7, 11) is 20.4. The zero-order valence-corrected chi connectivity index (χ0v) is 74.2. The molecule has 0 unspecified atom stereocenters. The zero-order valence-electron chi connectivity index (χ0n) is 74.2. The van der Waals surface area contributed by atoms with Crippen molar-refractivity contribution in [2.45, 2.75) is 112 Å². The van der Waals surface area contributed by atoms with Crippen LogP contribution in [0.5, 0.6) is 0 Å². The smallest absolute Gasteiger partial charge is 0.255 e. The van der Waals surface area contributed by atoms with E-state index < -0.39 is 0 Å². The number of para-hydroxylation sites is 2. The average molecular weight is 1650 g/mol. The highest BCUT2D eigenvalue weighted by Gasteiger charge is 2.34. The number of amides is 3. The Hall–Kier alpha value is -12.7. The molecule has 4 saturated heterocycles. The van der Waals surface area contributed by atoms with E-state index in [2.05, 4.69) is 233 Å². The molecule has 0 aliphatic carbocycles. The molecule has 27 heteroatoms. The van der Waals surface area contributed by atoms with Gasteiger partial charge in [0, 0.05) is 165 Å². The molecule has 20 rings (SSSR count). The van der Waals surface area contributed by atoms with Crippen LogP contribution in [-0.4, -0.2) is 248 Å². The van der Waals surface area contributed by atoms with Crippen LogP contribution in [-0.2, 0) is 0 Å². The van der Waals surface area contributed by atoms with Gasteiger partial charge in [-0.25, -0.2) is 39.9 Å². The van der Waals surface area contributed by atoms with Crippen molar-refractivity contribution in [1.82, 2.24) is 93.0 Å². The fourth-order valence-corrected chi connectivity index (χ4v) is 18.6. The van der Waals surface area contributed by atoms with Gasteiger partial charge in [0.15, 0.2) is 22.6 Å². The maximum absolute atomic E-state index is 13.1. The van der Waals surface area contributed by atoms with Crippen LogP contribution in [0.15, 0.2) is 122 Å². The van der Waals surface area contributed by atoms with Crippen LogP contribution in [0.1, 0.15) is 114 Å². The first-order chi connectivity index (χ1) is 59.1. The van der Waals surface area contributed by atoms with Crippen LogP contribution in [0.2, 0.25) is 0 Å². The van der Waals surface area contributed by atoms with Crippen molar-refractivity contribution in [3.8, 4) is 6.07 Å². The number of pyridine rings is 8. The summed E-state index contributed by atoms with van der Waals surface area (Å²) in [6.45, 7) is 27.0. The highest BCUT2D eigenvalue weighted by Crippen LogP contribution is 2.41. The Morgan fingerprint density at radius 3 is 1.10 bits per heavy atom. The van der Waals surface area contributed by atoms with E-state index in [9.17, 15) is 19.6 Å². The number of imidazole rings is 4. The van der Waals surface area contributed by atoms with Crippen LogP contribution in [0, 0.1) is 66.7 Å². The molecule has 123 heavy (non-hydrogen) atoms. The number of anilines is 4. The van der Waals surface area contributed by atoms with Gasteiger partial charge in [-0.2, -0.15) is 5.26 Å². The number of nitrogens with one attached hydrogen (secondary N) is 3. The second kappa shape index (κ2) is 32.9. The number of fused-ring (bicyclic) bond motifs is 20. The van der Waals surface area contributed by atoms with Crippen LogP contribution in [0.25, 0.3) is 111 Å². The van der Waals surface area contributed by atoms with Gasteiger partial charge in [0.2, 0.25) is 0 Å². The normalized spacial score (nSPS) is 16.9. The first-order valence-corrected chi connectivity index (χ1v) is 42.8. The SMILES string of the molecule is CCNC(=O)c1cc2c(N3CC[C@H](N(C)C)C3)ccnc2n2c1nc1cc(C)c(C)cc12.CNC(=O)c1cc2c(N3CC[C@H](N(C)C)C3)cc(C)nc2n2c1nc1cc(C)c(C)cc12.CNC(=O)c1cc2c(N3CC[C@H](N(C)C)C3)cc(C)nc2n2c1nc1ccccc12.Cc1cc2nc3c(C#N)cc4c(N5CC[C@H](N(C)C)C5)ccnc4n3c2cc1C. The predicted molar refractivity (Wildman–Crippen MR) is 497 cm³/mol. The van der Waals surface area contributed by atoms with Crippen molar-refractivity contribution < 1.29 is 14.4 Å². The predicted octanol–water partition coefficient (Wildman–Crippen LogP) is 13.5. The number of nitrogens with zero attached hydrogens (tertiary/aromatic N) is 21. The summed E-state index contributed by atoms with van der Waals surface area (Å²) in [5, 5.41) is 22.3. The van der Waals surface area contributed by atoms with E-state index in [4.69, 9.17) is 39.9 Å². The summed E-state index contributed by atoms with van der Waals surface area (Å²) in [5.74, 6) is -0.387. The van der Waals surface area contributed by atoms with Crippen LogP contribution < -0.4 is 35.6 Å². The third-order valence-corrected chi connectivity index (χ3v) is 26.1. The molecule has 16 heterocycles. The van der Waals surface area contributed by atoms with Crippen LogP contribution in [0.3, 0.4) is 0 Å². The van der Waals surface area contributed by atoms with Gasteiger partial charge < -0.3 is 55.1 Å². The largest absolute Gasteiger partial charge is 0.369 e. The van der Waals surface area contributed by atoms with Gasteiger partial charge in [0.05, 0.1) is 66.4 Å². The van der Waals surface area contributed by atoms with Crippen molar-refractivity contribution in [3.05, 3.63) is 189 Å². The monoisotopic (exact) mass is 1650 g/mol. The topological polar surface area (TPSA) is 258 Å². The van der Waals surface area contributed by atoms with Crippen molar-refractivity contribution in [3.63, 3.8) is 0 Å². The summed E-state index contributed by atoms with van der Waals surface area (Å²) in [6.07, 6.45) is 8.24. The Morgan fingerprint density at radius 1 is 0.382 bits per heavy atom. The molecule has 0 saturated carbocycles. The molecule has 4 atom stereocenters. The molecule has 0 radical (unpaired) electrons. The quantitative estimate of drug-likeness (QED) is 0.103. The molecule has 3 amide bonds. The van der Waals surface area contributed by atoms with E-state index in [0.29, 0.717) is 75.6 Å². The third kappa shape index (κ3) is 14.8. The highest BCUT2D eigenvalue weighted by molar-refractivity contribution is 6.11. The lowest BCUT2D eigenvalue weighted by Gasteiger charge is -2.24. The number of carbonyl (C=O) groups is 3. The summed E-state index contributed by atoms with van der Waals surface area (Å²) in [5.41, 5.74) is 29.4. The zero-order chi connectivity index (χ0) is 86.6. The molecule has 4 aromatic carbocycles. The van der Waals surface area contributed by atoms with E-state index in [1.165, 1.54) is 33.4 Å². The highest BCUT2D eigenvalue weighted by atomic mass is 16.2. The third-order valence-electron chi connectivity index (χ3n) is 26.1. The number of aromatic nitrogens is 12. The summed E-state index contributed by atoms with van der Waals surface area (Å²) in [6, 6.07) is 41.4. The Labute approximate surface area is 715 Å². The van der Waals surface area contributed by atoms with Gasteiger partial charge in [-0.05, 0) is 275 Å². The lowest BCUT2D eigenvalue weighted by Crippen LogP contribution is -2.31. The number of hydrogen-bond donors (Lipinski definition) is 3. The summed E-state index contributed by atoms with van der Waals surface area (Å²) in [4.78, 5) is 96.2. The minimum atomic E-state index is -0.142. The Morgan fingerprint density at radius 2 is 0.715 bits per heavy atom. The van der Waals surface area contributed by atoms with Crippen molar-refractivity contribution in [2.24, 2.45) is 0 Å². The van der Waals surface area contributed by atoms with Gasteiger partial charge >= 0.3 is 0 Å². The Bertz CT molecular complexity index is 7000. The number of likely N-dealkylation sites (N-methyl/N-ethyl adjacent to an activating group) is 4. The van der Waals surface area contributed by atoms with Gasteiger partial charge in [-0.1, -0.05) is 12.1 Å². The molecule has 4 aliphatic heterocycles. The molecule has 0 bridgehead atoms. The molecular weight excluding hydrogens is 1540 g/mol. The van der Waals surface area contributed by atoms with Crippen LogP contribution >= 0.6 is 0 Å². The van der Waals surface area contributed by atoms with Gasteiger partial charge in [-0.15, -0.1) is 0 Å². The van der Waals surface area contributed by atoms with Crippen molar-refractivity contribution in [2.75, 3.05) is 149 Å². The number of nitriles is 1.